The highest BCUT2D eigenvalue weighted by Crippen LogP contribution is 2.28. The summed E-state index contributed by atoms with van der Waals surface area (Å²) in [7, 11) is 0. The van der Waals surface area contributed by atoms with Crippen LogP contribution in [0.2, 0.25) is 6.82 Å². The first-order valence-electron chi connectivity index (χ1n) is 5.13. The largest absolute Gasteiger partial charge is 0.429 e. The van der Waals surface area contributed by atoms with Crippen LogP contribution >= 0.6 is 0 Å². The normalized spacial score (nSPS) is 11.9. The lowest BCUT2D eigenvalue weighted by Crippen LogP contribution is -2.32. The molecule has 1 aromatic carbocycles. The highest BCUT2D eigenvalue weighted by Gasteiger charge is 2.30. The van der Waals surface area contributed by atoms with Crippen molar-refractivity contribution < 1.29 is 17.8 Å². The van der Waals surface area contributed by atoms with E-state index in [0.29, 0.717) is 0 Å². The zero-order valence-electron chi connectivity index (χ0n) is 9.51. The number of hydrogen-bond acceptors (Lipinski definition) is 1. The molecule has 1 nitrogen and oxygen atoms in total. The van der Waals surface area contributed by atoms with Crippen LogP contribution in [0.1, 0.15) is 19.4 Å². The summed E-state index contributed by atoms with van der Waals surface area (Å²) >= 11 is 0. The van der Waals surface area contributed by atoms with E-state index >= 15 is 0 Å². The predicted molar refractivity (Wildman–Crippen MR) is 58.9 cm³/mol. The Morgan fingerprint density at radius 3 is 2.00 bits per heavy atom. The third kappa shape index (κ3) is 3.56. The Morgan fingerprint density at radius 2 is 1.62 bits per heavy atom. The summed E-state index contributed by atoms with van der Waals surface area (Å²) in [5.74, 6) is 0. The smallest absolute Gasteiger partial charge is 0.416 e. The van der Waals surface area contributed by atoms with Crippen LogP contribution < -0.4 is 5.46 Å². The highest BCUT2D eigenvalue weighted by molar-refractivity contribution is 6.66. The average molecular weight is 230 g/mol. The van der Waals surface area contributed by atoms with Crippen molar-refractivity contribution in [3.05, 3.63) is 29.8 Å². The first-order valence-corrected chi connectivity index (χ1v) is 5.13. The second-order valence-electron chi connectivity index (χ2n) is 3.95. The number of benzene rings is 1. The Morgan fingerprint density at radius 1 is 1.12 bits per heavy atom. The molecule has 0 N–H and O–H groups in total. The summed E-state index contributed by atoms with van der Waals surface area (Å²) in [6, 6.07) is 5.07. The van der Waals surface area contributed by atoms with E-state index in [0.717, 1.165) is 17.6 Å². The predicted octanol–water partition coefficient (Wildman–Crippen LogP) is 2.96. The number of alkyl halides is 3. The van der Waals surface area contributed by atoms with Crippen LogP contribution in [0.15, 0.2) is 24.3 Å². The van der Waals surface area contributed by atoms with Crippen molar-refractivity contribution in [1.82, 2.24) is 0 Å². The lowest BCUT2D eigenvalue weighted by molar-refractivity contribution is -0.137. The first kappa shape index (κ1) is 13.1. The second-order valence-corrected chi connectivity index (χ2v) is 3.95. The quantitative estimate of drug-likeness (QED) is 0.725. The van der Waals surface area contributed by atoms with Crippen molar-refractivity contribution in [2.75, 3.05) is 0 Å². The molecule has 0 amide bonds. The van der Waals surface area contributed by atoms with Crippen molar-refractivity contribution in [3.63, 3.8) is 0 Å². The standard InChI is InChI=1S/C11H14BF3O/c1-8(2)16-12(3)10-6-4-9(5-7-10)11(13,14)15/h4-8H,1-3H3. The van der Waals surface area contributed by atoms with Gasteiger partial charge in [-0.05, 0) is 19.3 Å². The molecule has 16 heavy (non-hydrogen) atoms. The summed E-state index contributed by atoms with van der Waals surface area (Å²) in [6.07, 6.45) is -4.22. The van der Waals surface area contributed by atoms with E-state index in [2.05, 4.69) is 0 Å². The zero-order valence-corrected chi connectivity index (χ0v) is 9.51. The van der Waals surface area contributed by atoms with Gasteiger partial charge in [-0.1, -0.05) is 31.1 Å². The molecule has 0 unspecified atom stereocenters. The van der Waals surface area contributed by atoms with Crippen LogP contribution in [0.5, 0.6) is 0 Å². The minimum Gasteiger partial charge on any atom is -0.429 e. The number of hydrogen-bond donors (Lipinski definition) is 0. The van der Waals surface area contributed by atoms with Crippen molar-refractivity contribution in [1.29, 1.82) is 0 Å². The minimum absolute atomic E-state index is 0.0530. The summed E-state index contributed by atoms with van der Waals surface area (Å²) in [5.41, 5.74) is 0.120. The Kier molecular flexibility index (Phi) is 4.02. The van der Waals surface area contributed by atoms with Gasteiger partial charge in [-0.15, -0.1) is 0 Å². The maximum absolute atomic E-state index is 12.3. The van der Waals surface area contributed by atoms with Gasteiger partial charge in [-0.3, -0.25) is 0 Å². The van der Waals surface area contributed by atoms with E-state index < -0.39 is 11.7 Å². The van der Waals surface area contributed by atoms with Crippen LogP contribution in [-0.4, -0.2) is 13.0 Å². The molecule has 0 radical (unpaired) electrons. The highest BCUT2D eigenvalue weighted by atomic mass is 19.4. The summed E-state index contributed by atoms with van der Waals surface area (Å²) < 4.78 is 42.4. The van der Waals surface area contributed by atoms with Gasteiger partial charge in [0.2, 0.25) is 0 Å². The van der Waals surface area contributed by atoms with Gasteiger partial charge in [0.05, 0.1) is 5.56 Å². The van der Waals surface area contributed by atoms with Crippen molar-refractivity contribution in [2.45, 2.75) is 33.0 Å². The van der Waals surface area contributed by atoms with Gasteiger partial charge in [-0.25, -0.2) is 0 Å². The van der Waals surface area contributed by atoms with E-state index in [1.807, 2.05) is 20.7 Å². The maximum atomic E-state index is 12.3. The second kappa shape index (κ2) is 4.91. The fourth-order valence-electron chi connectivity index (χ4n) is 1.43. The van der Waals surface area contributed by atoms with Crippen LogP contribution in [0.25, 0.3) is 0 Å². The molecule has 0 aromatic heterocycles. The lowest BCUT2D eigenvalue weighted by Gasteiger charge is -2.14. The van der Waals surface area contributed by atoms with Crippen molar-refractivity contribution in [3.8, 4) is 0 Å². The third-order valence-electron chi connectivity index (χ3n) is 2.18. The molecule has 0 heterocycles. The monoisotopic (exact) mass is 230 g/mol. The van der Waals surface area contributed by atoms with Crippen LogP contribution in [0.3, 0.4) is 0 Å². The summed E-state index contributed by atoms with van der Waals surface area (Å²) in [4.78, 5) is 0. The molecule has 0 saturated carbocycles. The lowest BCUT2D eigenvalue weighted by atomic mass is 9.63. The zero-order chi connectivity index (χ0) is 12.3. The van der Waals surface area contributed by atoms with Gasteiger partial charge in [0.15, 0.2) is 0 Å². The number of rotatable bonds is 3. The summed E-state index contributed by atoms with van der Waals surface area (Å²) in [6.45, 7) is 5.41. The topological polar surface area (TPSA) is 9.23 Å². The molecule has 0 spiro atoms. The van der Waals surface area contributed by atoms with E-state index in [1.165, 1.54) is 12.1 Å². The van der Waals surface area contributed by atoms with E-state index in [9.17, 15) is 13.2 Å². The van der Waals surface area contributed by atoms with E-state index in [4.69, 9.17) is 4.65 Å². The fraction of sp³-hybridized carbons (Fsp3) is 0.455. The van der Waals surface area contributed by atoms with Gasteiger partial charge in [0.25, 0.3) is 0 Å². The summed E-state index contributed by atoms with van der Waals surface area (Å²) in [5, 5.41) is 0. The number of halogens is 3. The van der Waals surface area contributed by atoms with Crippen molar-refractivity contribution in [2.24, 2.45) is 0 Å². The molecule has 0 aliphatic heterocycles. The molecule has 0 fully saturated rings. The maximum Gasteiger partial charge on any atom is 0.416 e. The average Bonchev–Trinajstić information content (AvgIpc) is 2.15. The van der Waals surface area contributed by atoms with Gasteiger partial charge in [0.1, 0.15) is 0 Å². The molecule has 0 saturated heterocycles. The SMILES string of the molecule is CB(OC(C)C)c1ccc(C(F)(F)F)cc1. The Labute approximate surface area is 93.7 Å². The molecule has 0 bridgehead atoms. The van der Waals surface area contributed by atoms with Gasteiger partial charge in [0, 0.05) is 6.10 Å². The minimum atomic E-state index is -4.28. The molecule has 0 aliphatic carbocycles. The van der Waals surface area contributed by atoms with Crippen LogP contribution in [0.4, 0.5) is 13.2 Å². The fourth-order valence-corrected chi connectivity index (χ4v) is 1.43. The molecular weight excluding hydrogens is 216 g/mol. The first-order chi connectivity index (χ1) is 7.30. The molecule has 88 valence electrons. The Balaban J connectivity index is 2.79. The van der Waals surface area contributed by atoms with Gasteiger partial charge in [-0.2, -0.15) is 13.2 Å². The molecule has 0 atom stereocenters. The van der Waals surface area contributed by atoms with E-state index in [-0.39, 0.29) is 13.0 Å². The van der Waals surface area contributed by atoms with Gasteiger partial charge >= 0.3 is 13.1 Å². The Hall–Kier alpha value is -0.965. The third-order valence-corrected chi connectivity index (χ3v) is 2.18. The molecular formula is C11H14BF3O. The van der Waals surface area contributed by atoms with Crippen LogP contribution in [-0.2, 0) is 10.8 Å². The van der Waals surface area contributed by atoms with Crippen molar-refractivity contribution >= 4 is 12.4 Å². The molecule has 1 rings (SSSR count). The van der Waals surface area contributed by atoms with Crippen LogP contribution in [0, 0.1) is 0 Å². The van der Waals surface area contributed by atoms with E-state index in [1.54, 1.807) is 0 Å². The Bertz CT molecular complexity index is 332. The molecule has 5 heteroatoms. The molecule has 0 aliphatic rings. The van der Waals surface area contributed by atoms with Gasteiger partial charge < -0.3 is 4.65 Å². The molecule has 1 aromatic rings.